The van der Waals surface area contributed by atoms with Crippen LogP contribution in [0.25, 0.3) is 0 Å². The van der Waals surface area contributed by atoms with E-state index in [1.54, 1.807) is 0 Å². The molecular weight excluding hydrogens is 268 g/mol. The van der Waals surface area contributed by atoms with Crippen molar-refractivity contribution in [1.82, 2.24) is 4.90 Å². The Morgan fingerprint density at radius 3 is 2.95 bits per heavy atom. The van der Waals surface area contributed by atoms with E-state index in [-0.39, 0.29) is 18.6 Å². The van der Waals surface area contributed by atoms with E-state index >= 15 is 0 Å². The third-order valence-corrected chi connectivity index (χ3v) is 4.68. The smallest absolute Gasteiger partial charge is 0.299 e. The van der Waals surface area contributed by atoms with Gasteiger partial charge >= 0.3 is 7.91 Å². The zero-order chi connectivity index (χ0) is 13.3. The highest BCUT2D eigenvalue weighted by Gasteiger charge is 2.42. The SMILES string of the molecule is O=[P@@]1(F)OC[C@H]2CN(Cc3ccccc3)CC[C@@H]2O1. The largest absolute Gasteiger partial charge is 0.513 e. The first-order valence-electron chi connectivity index (χ1n) is 6.51. The molecule has 2 aliphatic rings. The lowest BCUT2D eigenvalue weighted by Crippen LogP contribution is -2.46. The molecule has 6 heteroatoms. The second kappa shape index (κ2) is 5.33. The zero-order valence-electron chi connectivity index (χ0n) is 10.6. The molecule has 4 nitrogen and oxygen atoms in total. The van der Waals surface area contributed by atoms with Gasteiger partial charge in [0.15, 0.2) is 0 Å². The Kier molecular flexibility index (Phi) is 3.72. The summed E-state index contributed by atoms with van der Waals surface area (Å²) in [6.07, 6.45) is 0.436. The summed E-state index contributed by atoms with van der Waals surface area (Å²) in [5.41, 5.74) is 1.26. The van der Waals surface area contributed by atoms with Gasteiger partial charge in [-0.3, -0.25) is 13.9 Å². The van der Waals surface area contributed by atoms with Gasteiger partial charge in [0.1, 0.15) is 0 Å². The van der Waals surface area contributed by atoms with E-state index in [0.717, 1.165) is 19.6 Å². The van der Waals surface area contributed by atoms with Crippen LogP contribution >= 0.6 is 7.91 Å². The molecular formula is C13H17FNO3P. The Labute approximate surface area is 112 Å². The molecule has 0 unspecified atom stereocenters. The second-order valence-corrected chi connectivity index (χ2v) is 6.47. The summed E-state index contributed by atoms with van der Waals surface area (Å²) in [5.74, 6) is 0.107. The molecule has 2 fully saturated rings. The number of halogens is 1. The average molecular weight is 285 g/mol. The molecule has 0 aromatic heterocycles. The number of hydrogen-bond acceptors (Lipinski definition) is 4. The molecule has 2 saturated heterocycles. The third-order valence-electron chi connectivity index (χ3n) is 3.70. The van der Waals surface area contributed by atoms with Gasteiger partial charge < -0.3 is 0 Å². The normalized spacial score (nSPS) is 35.8. The standard InChI is InChI=1S/C13H17FNO3P/c14-19(16)17-10-12-9-15(7-6-13(12)18-19)8-11-4-2-1-3-5-11/h1-5,12-13H,6-10H2/t12-,13+,19+/m1/s1. The molecule has 3 atom stereocenters. The Morgan fingerprint density at radius 1 is 1.37 bits per heavy atom. The van der Waals surface area contributed by atoms with Gasteiger partial charge in [0, 0.05) is 25.6 Å². The third kappa shape index (κ3) is 3.23. The number of piperidine rings is 1. The molecule has 1 aromatic rings. The van der Waals surface area contributed by atoms with Gasteiger partial charge in [-0.05, 0) is 12.0 Å². The fourth-order valence-corrected chi connectivity index (χ4v) is 3.78. The van der Waals surface area contributed by atoms with Crippen LogP contribution in [0.4, 0.5) is 4.20 Å². The van der Waals surface area contributed by atoms with E-state index in [1.807, 2.05) is 18.2 Å². The summed E-state index contributed by atoms with van der Waals surface area (Å²) >= 11 is 0. The first-order valence-corrected chi connectivity index (χ1v) is 7.95. The minimum absolute atomic E-state index is 0.107. The van der Waals surface area contributed by atoms with E-state index < -0.39 is 7.91 Å². The van der Waals surface area contributed by atoms with E-state index in [0.29, 0.717) is 6.42 Å². The number of rotatable bonds is 2. The highest BCUT2D eigenvalue weighted by atomic mass is 31.2. The molecule has 3 rings (SSSR count). The van der Waals surface area contributed by atoms with Crippen molar-refractivity contribution in [2.45, 2.75) is 19.1 Å². The number of benzene rings is 1. The van der Waals surface area contributed by atoms with Crippen LogP contribution in [0.1, 0.15) is 12.0 Å². The van der Waals surface area contributed by atoms with Gasteiger partial charge in [-0.1, -0.05) is 30.3 Å². The average Bonchev–Trinajstić information content (AvgIpc) is 2.39. The molecule has 104 valence electrons. The number of fused-ring (bicyclic) bond motifs is 1. The molecule has 0 saturated carbocycles. The monoisotopic (exact) mass is 285 g/mol. The number of likely N-dealkylation sites (tertiary alicyclic amines) is 1. The Bertz CT molecular complexity index is 484. The van der Waals surface area contributed by atoms with E-state index in [4.69, 9.17) is 4.52 Å². The lowest BCUT2D eigenvalue weighted by atomic mass is 9.95. The van der Waals surface area contributed by atoms with Gasteiger partial charge in [-0.15, -0.1) is 4.20 Å². The summed E-state index contributed by atoms with van der Waals surface area (Å²) < 4.78 is 33.9. The second-order valence-electron chi connectivity index (χ2n) is 5.14. The van der Waals surface area contributed by atoms with E-state index in [1.165, 1.54) is 5.56 Å². The van der Waals surface area contributed by atoms with Gasteiger partial charge in [0.2, 0.25) is 0 Å². The molecule has 1 aromatic carbocycles. The van der Waals surface area contributed by atoms with Gasteiger partial charge in [0.25, 0.3) is 0 Å². The van der Waals surface area contributed by atoms with Crippen molar-refractivity contribution in [1.29, 1.82) is 0 Å². The maximum absolute atomic E-state index is 13.2. The van der Waals surface area contributed by atoms with Crippen molar-refractivity contribution in [3.05, 3.63) is 35.9 Å². The highest BCUT2D eigenvalue weighted by molar-refractivity contribution is 7.48. The minimum atomic E-state index is -4.28. The molecule has 2 heterocycles. The predicted octanol–water partition coefficient (Wildman–Crippen LogP) is 3.00. The zero-order valence-corrected chi connectivity index (χ0v) is 11.5. The van der Waals surface area contributed by atoms with Crippen LogP contribution in [-0.2, 0) is 20.2 Å². The molecule has 0 N–H and O–H groups in total. The summed E-state index contributed by atoms with van der Waals surface area (Å²) in [4.78, 5) is 2.30. The van der Waals surface area contributed by atoms with Gasteiger partial charge in [-0.2, -0.15) is 0 Å². The van der Waals surface area contributed by atoms with Crippen LogP contribution in [0, 0.1) is 5.92 Å². The van der Waals surface area contributed by atoms with Crippen LogP contribution in [0.15, 0.2) is 30.3 Å². The molecule has 0 bridgehead atoms. The van der Waals surface area contributed by atoms with Crippen molar-refractivity contribution >= 4 is 7.91 Å². The van der Waals surface area contributed by atoms with Crippen LogP contribution in [0.2, 0.25) is 0 Å². The fourth-order valence-electron chi connectivity index (χ4n) is 2.75. The summed E-state index contributed by atoms with van der Waals surface area (Å²) in [5, 5.41) is 0. The summed E-state index contributed by atoms with van der Waals surface area (Å²) in [6.45, 7) is 2.68. The van der Waals surface area contributed by atoms with Crippen LogP contribution < -0.4 is 0 Å². The lowest BCUT2D eigenvalue weighted by molar-refractivity contribution is -0.0363. The van der Waals surface area contributed by atoms with Crippen molar-refractivity contribution < 1.29 is 17.8 Å². The van der Waals surface area contributed by atoms with Crippen LogP contribution in [0.5, 0.6) is 0 Å². The van der Waals surface area contributed by atoms with Crippen LogP contribution in [0.3, 0.4) is 0 Å². The van der Waals surface area contributed by atoms with Crippen molar-refractivity contribution in [2.75, 3.05) is 19.7 Å². The summed E-state index contributed by atoms with van der Waals surface area (Å²) in [7, 11) is -4.28. The Hall–Kier alpha value is -0.740. The fraction of sp³-hybridized carbons (Fsp3) is 0.538. The van der Waals surface area contributed by atoms with E-state index in [2.05, 4.69) is 21.6 Å². The Morgan fingerprint density at radius 2 is 2.16 bits per heavy atom. The lowest BCUT2D eigenvalue weighted by Gasteiger charge is -2.40. The quantitative estimate of drug-likeness (QED) is 0.783. The van der Waals surface area contributed by atoms with E-state index in [9.17, 15) is 8.76 Å². The van der Waals surface area contributed by atoms with Crippen LogP contribution in [-0.4, -0.2) is 30.7 Å². The predicted molar refractivity (Wildman–Crippen MR) is 69.4 cm³/mol. The molecule has 2 aliphatic heterocycles. The van der Waals surface area contributed by atoms with Crippen molar-refractivity contribution in [2.24, 2.45) is 5.92 Å². The molecule has 0 radical (unpaired) electrons. The molecule has 19 heavy (non-hydrogen) atoms. The summed E-state index contributed by atoms with van der Waals surface area (Å²) in [6, 6.07) is 10.2. The topological polar surface area (TPSA) is 38.8 Å². The number of hydrogen-bond donors (Lipinski definition) is 0. The van der Waals surface area contributed by atoms with Gasteiger partial charge in [-0.25, -0.2) is 4.57 Å². The molecule has 0 aliphatic carbocycles. The molecule has 0 amide bonds. The molecule has 0 spiro atoms. The first kappa shape index (κ1) is 13.3. The maximum Gasteiger partial charge on any atom is 0.513 e. The minimum Gasteiger partial charge on any atom is -0.299 e. The van der Waals surface area contributed by atoms with Crippen molar-refractivity contribution in [3.8, 4) is 0 Å². The maximum atomic E-state index is 13.2. The Balaban J connectivity index is 1.60. The van der Waals surface area contributed by atoms with Crippen molar-refractivity contribution in [3.63, 3.8) is 0 Å². The first-order chi connectivity index (χ1) is 9.12. The number of nitrogens with zero attached hydrogens (tertiary/aromatic N) is 1. The van der Waals surface area contributed by atoms with Gasteiger partial charge in [0.05, 0.1) is 12.7 Å². The highest BCUT2D eigenvalue weighted by Crippen LogP contribution is 2.56.